The van der Waals surface area contributed by atoms with Crippen molar-refractivity contribution in [1.29, 1.82) is 0 Å². The number of aryl methyl sites for hydroxylation is 1. The quantitative estimate of drug-likeness (QED) is 0.226. The van der Waals surface area contributed by atoms with Crippen LogP contribution in [0.15, 0.2) is 65.6 Å². The zero-order valence-electron chi connectivity index (χ0n) is 24.3. The molecule has 0 aliphatic carbocycles. The van der Waals surface area contributed by atoms with Gasteiger partial charge in [0.2, 0.25) is 9.84 Å². The molecule has 0 saturated heterocycles. The average Bonchev–Trinajstić information content (AvgIpc) is 3.40. The van der Waals surface area contributed by atoms with Crippen molar-refractivity contribution in [2.75, 3.05) is 5.94 Å². The normalized spacial score (nSPS) is 12.5. The van der Waals surface area contributed by atoms with Gasteiger partial charge in [0.25, 0.3) is 5.91 Å². The lowest BCUT2D eigenvalue weighted by molar-refractivity contribution is -0.140. The maximum Gasteiger partial charge on any atom is 0.326 e. The smallest absolute Gasteiger partial charge is 0.326 e. The predicted octanol–water partition coefficient (Wildman–Crippen LogP) is 4.78. The first-order chi connectivity index (χ1) is 19.9. The summed E-state index contributed by atoms with van der Waals surface area (Å²) in [6.07, 6.45) is 0.757. The Kier molecular flexibility index (Phi) is 10.6. The number of carboxylic acid groups (broad SMARTS) is 2. The van der Waals surface area contributed by atoms with Crippen LogP contribution >= 0.6 is 0 Å². The summed E-state index contributed by atoms with van der Waals surface area (Å²) in [6, 6.07) is 15.9. The molecule has 1 aromatic heterocycles. The molecular formula is C31H38N2O8S. The van der Waals surface area contributed by atoms with Crippen LogP contribution in [0.1, 0.15) is 73.8 Å². The minimum absolute atomic E-state index is 0.187. The lowest BCUT2D eigenvalue weighted by Crippen LogP contribution is -2.42. The summed E-state index contributed by atoms with van der Waals surface area (Å²) in [5.41, 5.74) is 2.37. The number of benzene rings is 2. The van der Waals surface area contributed by atoms with Gasteiger partial charge < -0.3 is 24.8 Å². The number of sulfone groups is 1. The molecule has 3 rings (SSSR count). The van der Waals surface area contributed by atoms with Gasteiger partial charge in [0.05, 0.1) is 4.90 Å². The summed E-state index contributed by atoms with van der Waals surface area (Å²) in [7, 11) is -3.63. The second-order valence-corrected chi connectivity index (χ2v) is 12.0. The molecule has 226 valence electrons. The van der Waals surface area contributed by atoms with E-state index in [0.717, 1.165) is 16.8 Å². The van der Waals surface area contributed by atoms with Crippen LogP contribution in [0.3, 0.4) is 0 Å². The number of hydrogen-bond donors (Lipinski definition) is 3. The van der Waals surface area contributed by atoms with Crippen LogP contribution in [0.25, 0.3) is 0 Å². The van der Waals surface area contributed by atoms with Crippen molar-refractivity contribution in [1.82, 2.24) is 9.88 Å². The highest BCUT2D eigenvalue weighted by atomic mass is 32.2. The van der Waals surface area contributed by atoms with Gasteiger partial charge in [0.1, 0.15) is 17.5 Å². The highest BCUT2D eigenvalue weighted by Crippen LogP contribution is 2.41. The van der Waals surface area contributed by atoms with E-state index in [0.29, 0.717) is 25.1 Å². The van der Waals surface area contributed by atoms with Gasteiger partial charge >= 0.3 is 11.9 Å². The van der Waals surface area contributed by atoms with Gasteiger partial charge in [0, 0.05) is 24.1 Å². The second-order valence-electron chi connectivity index (χ2n) is 10.1. The molecule has 0 aliphatic heterocycles. The Morgan fingerprint density at radius 3 is 2.19 bits per heavy atom. The highest BCUT2D eigenvalue weighted by Gasteiger charge is 2.35. The Hall–Kier alpha value is -4.12. The zero-order chi connectivity index (χ0) is 31.1. The minimum Gasteiger partial charge on any atom is -0.481 e. The third-order valence-electron chi connectivity index (χ3n) is 7.68. The minimum atomic E-state index is -3.63. The summed E-state index contributed by atoms with van der Waals surface area (Å²) in [4.78, 5) is 36.0. The lowest BCUT2D eigenvalue weighted by Gasteiger charge is -2.34. The molecular weight excluding hydrogens is 560 g/mol. The number of aromatic nitrogens is 1. The van der Waals surface area contributed by atoms with Crippen molar-refractivity contribution in [3.63, 3.8) is 0 Å². The van der Waals surface area contributed by atoms with E-state index in [2.05, 4.69) is 19.2 Å². The van der Waals surface area contributed by atoms with Crippen molar-refractivity contribution in [3.8, 4) is 5.75 Å². The van der Waals surface area contributed by atoms with Gasteiger partial charge in [-0.25, -0.2) is 13.2 Å². The van der Waals surface area contributed by atoms with Crippen LogP contribution in [0.4, 0.5) is 0 Å². The Morgan fingerprint density at radius 2 is 1.64 bits per heavy atom. The Balaban J connectivity index is 1.91. The number of carbonyl (C=O) groups excluding carboxylic acids is 1. The van der Waals surface area contributed by atoms with Gasteiger partial charge in [0.15, 0.2) is 5.94 Å². The first-order valence-electron chi connectivity index (χ1n) is 13.9. The molecule has 11 heteroatoms. The Morgan fingerprint density at radius 1 is 0.976 bits per heavy atom. The standard InChI is InChI=1S/C31H38N2O8S/c1-5-31(6-2,22-13-16-26(21(4)19-22)41-20-42(39,40)23-11-9-8-10-12-23)27-17-15-25(33(27)7-3)29(36)32-24(30(37)38)14-18-28(34)35/h8-13,15-17,19,24H,5-7,14,18,20H2,1-4H3,(H,32,36)(H,34,35)(H,37,38)/t24-/m1/s1. The molecule has 0 fully saturated rings. The van der Waals surface area contributed by atoms with Crippen LogP contribution in [-0.4, -0.2) is 53.0 Å². The van der Waals surface area contributed by atoms with E-state index >= 15 is 0 Å². The van der Waals surface area contributed by atoms with E-state index in [1.54, 1.807) is 30.3 Å². The van der Waals surface area contributed by atoms with E-state index in [1.807, 2.05) is 36.6 Å². The maximum atomic E-state index is 13.2. The molecule has 1 atom stereocenters. The van der Waals surface area contributed by atoms with Crippen LogP contribution in [0.5, 0.6) is 5.75 Å². The summed E-state index contributed by atoms with van der Waals surface area (Å²) in [5.74, 6) is -3.08. The molecule has 2 aromatic carbocycles. The fraction of sp³-hybridized carbons (Fsp3) is 0.387. The fourth-order valence-corrected chi connectivity index (χ4v) is 6.29. The summed E-state index contributed by atoms with van der Waals surface area (Å²) < 4.78 is 33.0. The molecule has 0 spiro atoms. The maximum absolute atomic E-state index is 13.2. The number of carboxylic acids is 2. The Labute approximate surface area is 246 Å². The van der Waals surface area contributed by atoms with E-state index in [-0.39, 0.29) is 23.4 Å². The number of nitrogens with one attached hydrogen (secondary N) is 1. The third kappa shape index (κ3) is 7.02. The molecule has 3 aromatic rings. The second kappa shape index (κ2) is 13.7. The van der Waals surface area contributed by atoms with Gasteiger partial charge in [-0.3, -0.25) is 9.59 Å². The SMILES string of the molecule is CCn1c(C(=O)N[C@H](CCC(=O)O)C(=O)O)ccc1C(CC)(CC)c1ccc(OCS(=O)(=O)c2ccccc2)c(C)c1. The van der Waals surface area contributed by atoms with E-state index in [4.69, 9.17) is 9.84 Å². The van der Waals surface area contributed by atoms with Gasteiger partial charge in [-0.15, -0.1) is 0 Å². The van der Waals surface area contributed by atoms with Crippen LogP contribution in [-0.2, 0) is 31.4 Å². The number of amides is 1. The zero-order valence-corrected chi connectivity index (χ0v) is 25.1. The first-order valence-corrected chi connectivity index (χ1v) is 15.5. The molecule has 0 unspecified atom stereocenters. The van der Waals surface area contributed by atoms with Crippen LogP contribution in [0.2, 0.25) is 0 Å². The van der Waals surface area contributed by atoms with E-state index in [1.165, 1.54) is 12.1 Å². The third-order valence-corrected chi connectivity index (χ3v) is 9.10. The van der Waals surface area contributed by atoms with Crippen LogP contribution < -0.4 is 10.1 Å². The molecule has 1 amide bonds. The molecule has 0 radical (unpaired) electrons. The summed E-state index contributed by atoms with van der Waals surface area (Å²) >= 11 is 0. The van der Waals surface area contributed by atoms with E-state index < -0.39 is 45.1 Å². The largest absolute Gasteiger partial charge is 0.481 e. The number of rotatable bonds is 15. The van der Waals surface area contributed by atoms with E-state index in [9.17, 15) is 27.9 Å². The van der Waals surface area contributed by atoms with Crippen molar-refractivity contribution in [2.45, 2.75) is 76.3 Å². The molecule has 0 saturated carbocycles. The monoisotopic (exact) mass is 598 g/mol. The molecule has 42 heavy (non-hydrogen) atoms. The van der Waals surface area contributed by atoms with Gasteiger partial charge in [-0.1, -0.05) is 44.2 Å². The van der Waals surface area contributed by atoms with Gasteiger partial charge in [-0.05, 0) is 74.6 Å². The topological polar surface area (TPSA) is 152 Å². The lowest BCUT2D eigenvalue weighted by atomic mass is 9.72. The Bertz CT molecular complexity index is 1530. The highest BCUT2D eigenvalue weighted by molar-refractivity contribution is 7.91. The fourth-order valence-electron chi connectivity index (χ4n) is 5.30. The number of carbonyl (C=O) groups is 3. The van der Waals surface area contributed by atoms with Crippen molar-refractivity contribution in [3.05, 3.63) is 83.2 Å². The average molecular weight is 599 g/mol. The molecule has 1 heterocycles. The molecule has 0 bridgehead atoms. The molecule has 10 nitrogen and oxygen atoms in total. The van der Waals surface area contributed by atoms with Crippen LogP contribution in [0, 0.1) is 6.92 Å². The number of nitrogens with zero attached hydrogens (tertiary/aromatic N) is 1. The molecule has 3 N–H and O–H groups in total. The van der Waals surface area contributed by atoms with Crippen molar-refractivity contribution in [2.24, 2.45) is 0 Å². The van der Waals surface area contributed by atoms with Crippen molar-refractivity contribution >= 4 is 27.7 Å². The number of hydrogen-bond acceptors (Lipinski definition) is 6. The number of aliphatic carboxylic acids is 2. The number of ether oxygens (including phenoxy) is 1. The van der Waals surface area contributed by atoms with Crippen molar-refractivity contribution < 1.29 is 37.8 Å². The summed E-state index contributed by atoms with van der Waals surface area (Å²) in [6.45, 7) is 8.29. The first kappa shape index (κ1) is 32.4. The summed E-state index contributed by atoms with van der Waals surface area (Å²) in [5, 5.41) is 20.9. The van der Waals surface area contributed by atoms with Gasteiger partial charge in [-0.2, -0.15) is 0 Å². The molecule has 0 aliphatic rings. The predicted molar refractivity (Wildman–Crippen MR) is 158 cm³/mol.